The van der Waals surface area contributed by atoms with Crippen molar-refractivity contribution in [3.05, 3.63) is 58.6 Å². The van der Waals surface area contributed by atoms with Crippen molar-refractivity contribution in [3.8, 4) is 11.5 Å². The molecule has 0 heterocycles. The molecule has 0 radical (unpaired) electrons. The van der Waals surface area contributed by atoms with Crippen LogP contribution in [0, 0.1) is 0 Å². The van der Waals surface area contributed by atoms with Crippen LogP contribution >= 0.6 is 31.9 Å². The Labute approximate surface area is 112 Å². The van der Waals surface area contributed by atoms with Gasteiger partial charge >= 0.3 is 0 Å². The van der Waals surface area contributed by atoms with Crippen molar-refractivity contribution in [3.63, 3.8) is 0 Å². The van der Waals surface area contributed by atoms with Crippen molar-refractivity contribution in [2.24, 2.45) is 0 Å². The zero-order valence-corrected chi connectivity index (χ0v) is 11.7. The van der Waals surface area contributed by atoms with Crippen molar-refractivity contribution in [1.82, 2.24) is 0 Å². The van der Waals surface area contributed by atoms with E-state index in [1.54, 1.807) is 0 Å². The van der Waals surface area contributed by atoms with Gasteiger partial charge in [0.2, 0.25) is 0 Å². The fourth-order valence-electron chi connectivity index (χ4n) is 1.32. The van der Waals surface area contributed by atoms with E-state index in [2.05, 4.69) is 31.9 Å². The normalized spacial score (nSPS) is 10.1. The maximum Gasteiger partial charge on any atom is 0.128 e. The molecule has 3 heteroatoms. The summed E-state index contributed by atoms with van der Waals surface area (Å²) in [6.07, 6.45) is 0. The zero-order chi connectivity index (χ0) is 11.4. The van der Waals surface area contributed by atoms with Gasteiger partial charge in [0, 0.05) is 9.80 Å². The Hall–Kier alpha value is -0.800. The third-order valence-corrected chi connectivity index (χ3v) is 3.49. The number of hydrogen-bond donors (Lipinski definition) is 0. The molecule has 2 rings (SSSR count). The second-order valence-corrected chi connectivity index (χ2v) is 4.72. The van der Waals surface area contributed by atoms with E-state index in [0.717, 1.165) is 21.3 Å². The van der Waals surface area contributed by atoms with Crippen LogP contribution < -0.4 is 4.74 Å². The van der Waals surface area contributed by atoms with Crippen molar-refractivity contribution >= 4 is 31.9 Å². The lowest BCUT2D eigenvalue weighted by molar-refractivity contribution is 0.482. The molecule has 0 amide bonds. The Kier molecular flexibility index (Phi) is 4.02. The Bertz CT molecular complexity index is 469. The predicted octanol–water partition coefficient (Wildman–Crippen LogP) is 5.14. The molecule has 0 aliphatic heterocycles. The van der Waals surface area contributed by atoms with Crippen LogP contribution in [0.2, 0.25) is 0 Å². The molecule has 0 spiro atoms. The second kappa shape index (κ2) is 5.51. The molecule has 0 atom stereocenters. The highest BCUT2D eigenvalue weighted by atomic mass is 79.9. The van der Waals surface area contributed by atoms with Gasteiger partial charge in [0.25, 0.3) is 0 Å². The number of hydrogen-bond acceptors (Lipinski definition) is 1. The molecule has 2 aromatic rings. The lowest BCUT2D eigenvalue weighted by atomic mass is 10.2. The molecule has 2 aromatic carbocycles. The predicted molar refractivity (Wildman–Crippen MR) is 73.3 cm³/mol. The number of benzene rings is 2. The first-order valence-corrected chi connectivity index (χ1v) is 6.78. The van der Waals surface area contributed by atoms with Crippen LogP contribution in [0.25, 0.3) is 0 Å². The molecule has 0 unspecified atom stereocenters. The van der Waals surface area contributed by atoms with Crippen molar-refractivity contribution in [2.45, 2.75) is 5.33 Å². The largest absolute Gasteiger partial charge is 0.457 e. The van der Waals surface area contributed by atoms with E-state index in [1.807, 2.05) is 48.5 Å². The van der Waals surface area contributed by atoms with Crippen molar-refractivity contribution < 1.29 is 4.74 Å². The fraction of sp³-hybridized carbons (Fsp3) is 0.0769. The molecule has 1 nitrogen and oxygen atoms in total. The number of para-hydroxylation sites is 1. The lowest BCUT2D eigenvalue weighted by Crippen LogP contribution is -1.86. The van der Waals surface area contributed by atoms with Crippen molar-refractivity contribution in [2.75, 3.05) is 0 Å². The number of ether oxygens (including phenoxy) is 1. The third kappa shape index (κ3) is 2.86. The number of rotatable bonds is 3. The first kappa shape index (κ1) is 11.7. The average Bonchev–Trinajstić information content (AvgIpc) is 2.31. The minimum absolute atomic E-state index is 0.833. The summed E-state index contributed by atoms with van der Waals surface area (Å²) in [4.78, 5) is 0. The average molecular weight is 342 g/mol. The molecule has 0 saturated carbocycles. The van der Waals surface area contributed by atoms with Gasteiger partial charge in [0.15, 0.2) is 0 Å². The van der Waals surface area contributed by atoms with Crippen LogP contribution in [-0.2, 0) is 5.33 Å². The minimum Gasteiger partial charge on any atom is -0.457 e. The van der Waals surface area contributed by atoms with Crippen LogP contribution in [0.5, 0.6) is 11.5 Å². The molecule has 0 N–H and O–H groups in total. The maximum atomic E-state index is 5.71. The van der Waals surface area contributed by atoms with Gasteiger partial charge in [-0.2, -0.15) is 0 Å². The monoisotopic (exact) mass is 340 g/mol. The molecular weight excluding hydrogens is 332 g/mol. The molecule has 0 aliphatic carbocycles. The van der Waals surface area contributed by atoms with Gasteiger partial charge in [0.05, 0.1) is 0 Å². The Morgan fingerprint density at radius 2 is 1.69 bits per heavy atom. The number of alkyl halides is 1. The topological polar surface area (TPSA) is 9.23 Å². The Morgan fingerprint density at radius 3 is 2.31 bits per heavy atom. The van der Waals surface area contributed by atoms with Gasteiger partial charge in [-0.3, -0.25) is 0 Å². The molecule has 16 heavy (non-hydrogen) atoms. The maximum absolute atomic E-state index is 5.71. The summed E-state index contributed by atoms with van der Waals surface area (Å²) >= 11 is 6.94. The van der Waals surface area contributed by atoms with E-state index >= 15 is 0 Å². The van der Waals surface area contributed by atoms with Gasteiger partial charge < -0.3 is 4.74 Å². The third-order valence-electron chi connectivity index (χ3n) is 2.15. The standard InChI is InChI=1S/C13H10Br2O/c14-9-10-6-7-12(8-13(10)15)16-11-4-2-1-3-5-11/h1-8H,9H2. The van der Waals surface area contributed by atoms with Crippen LogP contribution in [-0.4, -0.2) is 0 Å². The molecule has 82 valence electrons. The lowest BCUT2D eigenvalue weighted by Gasteiger charge is -2.07. The molecular formula is C13H10Br2O. The van der Waals surface area contributed by atoms with Crippen LogP contribution in [0.4, 0.5) is 0 Å². The van der Waals surface area contributed by atoms with E-state index in [1.165, 1.54) is 5.56 Å². The summed E-state index contributed by atoms with van der Waals surface area (Å²) in [5, 5.41) is 0.833. The molecule has 0 bridgehead atoms. The highest BCUT2D eigenvalue weighted by Gasteiger charge is 2.01. The summed E-state index contributed by atoms with van der Waals surface area (Å²) < 4.78 is 6.77. The highest BCUT2D eigenvalue weighted by molar-refractivity contribution is 9.10. The summed E-state index contributed by atoms with van der Waals surface area (Å²) in [5.74, 6) is 1.68. The molecule has 0 fully saturated rings. The summed E-state index contributed by atoms with van der Waals surface area (Å²) in [5.41, 5.74) is 1.21. The van der Waals surface area contributed by atoms with Crippen molar-refractivity contribution in [1.29, 1.82) is 0 Å². The molecule has 0 aliphatic rings. The van der Waals surface area contributed by atoms with Gasteiger partial charge in [-0.15, -0.1) is 0 Å². The summed E-state index contributed by atoms with van der Waals surface area (Å²) in [6, 6.07) is 15.7. The molecule has 0 saturated heterocycles. The van der Waals surface area contributed by atoms with Crippen LogP contribution in [0.15, 0.2) is 53.0 Å². The van der Waals surface area contributed by atoms with E-state index in [-0.39, 0.29) is 0 Å². The second-order valence-electron chi connectivity index (χ2n) is 3.30. The summed E-state index contributed by atoms with van der Waals surface area (Å²) in [6.45, 7) is 0. The Morgan fingerprint density at radius 1 is 0.938 bits per heavy atom. The molecule has 0 aromatic heterocycles. The van der Waals surface area contributed by atoms with Gasteiger partial charge in [-0.25, -0.2) is 0 Å². The minimum atomic E-state index is 0.833. The van der Waals surface area contributed by atoms with E-state index in [0.29, 0.717) is 0 Å². The van der Waals surface area contributed by atoms with E-state index in [9.17, 15) is 0 Å². The smallest absolute Gasteiger partial charge is 0.128 e. The van der Waals surface area contributed by atoms with Crippen LogP contribution in [0.1, 0.15) is 5.56 Å². The van der Waals surface area contributed by atoms with Gasteiger partial charge in [-0.05, 0) is 29.8 Å². The van der Waals surface area contributed by atoms with Gasteiger partial charge in [0.1, 0.15) is 11.5 Å². The number of halogens is 2. The fourth-order valence-corrected chi connectivity index (χ4v) is 2.69. The van der Waals surface area contributed by atoms with Gasteiger partial charge in [-0.1, -0.05) is 56.1 Å². The first-order chi connectivity index (χ1) is 7.79. The summed E-state index contributed by atoms with van der Waals surface area (Å²) in [7, 11) is 0. The zero-order valence-electron chi connectivity index (χ0n) is 8.49. The SMILES string of the molecule is BrCc1ccc(Oc2ccccc2)cc1Br. The Balaban J connectivity index is 2.20. The van der Waals surface area contributed by atoms with Crippen LogP contribution in [0.3, 0.4) is 0 Å². The first-order valence-electron chi connectivity index (χ1n) is 4.87. The van der Waals surface area contributed by atoms with E-state index in [4.69, 9.17) is 4.74 Å². The quantitative estimate of drug-likeness (QED) is 0.702. The highest BCUT2D eigenvalue weighted by Crippen LogP contribution is 2.27. The van der Waals surface area contributed by atoms with E-state index < -0.39 is 0 Å².